The number of aromatic nitrogens is 4. The summed E-state index contributed by atoms with van der Waals surface area (Å²) in [6.45, 7) is 1.95. The molecule has 0 aromatic carbocycles. The lowest BCUT2D eigenvalue weighted by Crippen LogP contribution is -2.50. The van der Waals surface area contributed by atoms with E-state index in [9.17, 15) is 14.0 Å². The van der Waals surface area contributed by atoms with Crippen molar-refractivity contribution in [2.24, 2.45) is 11.8 Å². The summed E-state index contributed by atoms with van der Waals surface area (Å²) in [5, 5.41) is 19.3. The number of halogens is 2. The number of carbonyl (C=O) groups is 2. The van der Waals surface area contributed by atoms with E-state index in [4.69, 9.17) is 21.6 Å². The van der Waals surface area contributed by atoms with Gasteiger partial charge in [0.1, 0.15) is 5.69 Å². The number of nitrogens with one attached hydrogen (secondary N) is 2. The van der Waals surface area contributed by atoms with Gasteiger partial charge in [-0.3, -0.25) is 19.7 Å². The maximum atomic E-state index is 14.4. The van der Waals surface area contributed by atoms with Gasteiger partial charge in [0.05, 0.1) is 60.1 Å². The molecule has 3 fully saturated rings. The van der Waals surface area contributed by atoms with Crippen LogP contribution >= 0.6 is 11.6 Å². The second-order valence-electron chi connectivity index (χ2n) is 10.8. The number of methoxy groups -OCH3 is 1. The van der Waals surface area contributed by atoms with Crippen molar-refractivity contribution in [3.05, 3.63) is 52.8 Å². The maximum absolute atomic E-state index is 14.4. The van der Waals surface area contributed by atoms with E-state index in [1.165, 1.54) is 19.2 Å². The van der Waals surface area contributed by atoms with Crippen LogP contribution in [-0.2, 0) is 11.3 Å². The topological polar surface area (TPSA) is 140 Å². The summed E-state index contributed by atoms with van der Waals surface area (Å²) in [7, 11) is 1.44. The van der Waals surface area contributed by atoms with E-state index in [2.05, 4.69) is 31.6 Å². The van der Waals surface area contributed by atoms with Gasteiger partial charge in [-0.05, 0) is 37.8 Å². The second-order valence-corrected chi connectivity index (χ2v) is 11.2. The molecule has 1 aliphatic carbocycles. The highest BCUT2D eigenvalue weighted by molar-refractivity contribution is 6.31. The first-order valence-electron chi connectivity index (χ1n) is 13.4. The van der Waals surface area contributed by atoms with Crippen molar-refractivity contribution < 1.29 is 18.7 Å². The number of carbonyl (C=O) groups excluding carboxylic acids is 2. The third-order valence-corrected chi connectivity index (χ3v) is 8.56. The molecule has 0 radical (unpaired) electrons. The average molecular weight is 579 g/mol. The molecule has 1 unspecified atom stereocenters. The highest BCUT2D eigenvalue weighted by atomic mass is 35.5. The Labute approximate surface area is 240 Å². The molecule has 11 nitrogen and oxygen atoms in total. The van der Waals surface area contributed by atoms with E-state index in [-0.39, 0.29) is 58.6 Å². The number of pyridine rings is 2. The van der Waals surface area contributed by atoms with E-state index < -0.39 is 5.82 Å². The van der Waals surface area contributed by atoms with E-state index in [0.717, 1.165) is 24.7 Å². The van der Waals surface area contributed by atoms with Gasteiger partial charge in [0.2, 0.25) is 11.8 Å². The van der Waals surface area contributed by atoms with Crippen molar-refractivity contribution in [2.45, 2.75) is 37.8 Å². The molecule has 3 aliphatic rings. The fourth-order valence-corrected chi connectivity index (χ4v) is 5.87. The van der Waals surface area contributed by atoms with Crippen LogP contribution in [0.1, 0.15) is 41.9 Å². The quantitative estimate of drug-likeness (QED) is 0.435. The van der Waals surface area contributed by atoms with Crippen LogP contribution in [0.25, 0.3) is 11.3 Å². The third kappa shape index (κ3) is 5.17. The van der Waals surface area contributed by atoms with Crippen molar-refractivity contribution in [3.63, 3.8) is 0 Å². The van der Waals surface area contributed by atoms with Crippen molar-refractivity contribution in [2.75, 3.05) is 31.6 Å². The summed E-state index contributed by atoms with van der Waals surface area (Å²) in [5.41, 5.74) is 1.79. The molecular weight excluding hydrogens is 551 g/mol. The van der Waals surface area contributed by atoms with Crippen LogP contribution in [-0.4, -0.2) is 69.2 Å². The number of anilines is 1. The number of hydrogen-bond donors (Lipinski definition) is 2. The van der Waals surface area contributed by atoms with Gasteiger partial charge in [-0.2, -0.15) is 10.4 Å². The highest BCUT2D eigenvalue weighted by Gasteiger charge is 2.54. The zero-order valence-corrected chi connectivity index (χ0v) is 23.1. The number of aromatic amines is 1. The molecule has 1 spiro atoms. The second kappa shape index (κ2) is 10.6. The van der Waals surface area contributed by atoms with E-state index in [0.29, 0.717) is 43.2 Å². The summed E-state index contributed by atoms with van der Waals surface area (Å²) in [5.74, 6) is -0.844. The molecule has 212 valence electrons. The molecule has 3 aromatic rings. The Morgan fingerprint density at radius 3 is 2.78 bits per heavy atom. The van der Waals surface area contributed by atoms with Crippen molar-refractivity contribution in [1.29, 1.82) is 5.26 Å². The van der Waals surface area contributed by atoms with Crippen LogP contribution in [0.15, 0.2) is 30.6 Å². The Kier molecular flexibility index (Phi) is 6.99. The lowest BCUT2D eigenvalue weighted by Gasteiger charge is -2.39. The molecule has 1 saturated carbocycles. The number of piperidine rings is 1. The number of nitrogens with zero attached hydrogens (tertiary/aromatic N) is 6. The Bertz CT molecular complexity index is 1550. The SMILES string of the molecule is COc1cc(-c2cc(C(=O)N3CCC(C(=O)NCc4ncc(N5CC(C#N)C5)cc4Cl)CC34CC4)[nH]n2)c(F)cn1. The Morgan fingerprint density at radius 1 is 1.27 bits per heavy atom. The van der Waals surface area contributed by atoms with Gasteiger partial charge in [-0.1, -0.05) is 11.6 Å². The minimum Gasteiger partial charge on any atom is -0.481 e. The van der Waals surface area contributed by atoms with E-state index in [1.54, 1.807) is 6.20 Å². The zero-order chi connectivity index (χ0) is 28.7. The smallest absolute Gasteiger partial charge is 0.272 e. The first-order valence-corrected chi connectivity index (χ1v) is 13.8. The van der Waals surface area contributed by atoms with Crippen LogP contribution in [0.4, 0.5) is 10.1 Å². The van der Waals surface area contributed by atoms with Crippen LogP contribution in [0.3, 0.4) is 0 Å². The van der Waals surface area contributed by atoms with E-state index in [1.807, 2.05) is 15.9 Å². The monoisotopic (exact) mass is 578 g/mol. The van der Waals surface area contributed by atoms with E-state index >= 15 is 0 Å². The highest BCUT2D eigenvalue weighted by Crippen LogP contribution is 2.50. The molecule has 0 bridgehead atoms. The van der Waals surface area contributed by atoms with Gasteiger partial charge < -0.3 is 19.9 Å². The lowest BCUT2D eigenvalue weighted by atomic mass is 9.88. The summed E-state index contributed by atoms with van der Waals surface area (Å²) >= 11 is 6.44. The van der Waals surface area contributed by atoms with Gasteiger partial charge in [0, 0.05) is 42.7 Å². The number of H-pyrrole nitrogens is 1. The van der Waals surface area contributed by atoms with Crippen molar-refractivity contribution in [1.82, 2.24) is 30.4 Å². The van der Waals surface area contributed by atoms with Crippen LogP contribution in [0.5, 0.6) is 5.88 Å². The number of rotatable bonds is 7. The Morgan fingerprint density at radius 2 is 2.07 bits per heavy atom. The number of hydrogen-bond acceptors (Lipinski definition) is 8. The largest absolute Gasteiger partial charge is 0.481 e. The minimum atomic E-state index is -0.570. The average Bonchev–Trinajstić information content (AvgIpc) is 3.52. The predicted octanol–water partition coefficient (Wildman–Crippen LogP) is 3.33. The van der Waals surface area contributed by atoms with Gasteiger partial charge in [0.25, 0.3) is 5.91 Å². The standard InChI is InChI=1S/C28H28ClFN8O3/c1-41-25-7-19(21(30)12-33-25)22-8-23(36-35-22)27(40)38-5-2-17(9-28(38)3-4-28)26(39)34-13-24-20(29)6-18(11-32-24)37-14-16(10-31)15-37/h6-8,11-12,16-17H,2-5,9,13-15H2,1H3,(H,34,39)(H,35,36). The van der Waals surface area contributed by atoms with Crippen molar-refractivity contribution in [3.8, 4) is 23.2 Å². The summed E-state index contributed by atoms with van der Waals surface area (Å²) < 4.78 is 19.4. The number of likely N-dealkylation sites (tertiary alicyclic amines) is 1. The Balaban J connectivity index is 1.06. The molecule has 13 heteroatoms. The first-order chi connectivity index (χ1) is 19.8. The van der Waals surface area contributed by atoms with Gasteiger partial charge in [-0.15, -0.1) is 0 Å². The van der Waals surface area contributed by atoms with Gasteiger partial charge >= 0.3 is 0 Å². The minimum absolute atomic E-state index is 0.0300. The molecule has 2 saturated heterocycles. The number of amides is 2. The zero-order valence-electron chi connectivity index (χ0n) is 22.4. The van der Waals surface area contributed by atoms with Crippen LogP contribution in [0, 0.1) is 29.0 Å². The van der Waals surface area contributed by atoms with Crippen molar-refractivity contribution >= 4 is 29.1 Å². The number of ether oxygens (including phenoxy) is 1. The Hall–Kier alpha value is -4.24. The lowest BCUT2D eigenvalue weighted by molar-refractivity contribution is -0.127. The summed E-state index contributed by atoms with van der Waals surface area (Å²) in [4.78, 5) is 38.7. The molecule has 41 heavy (non-hydrogen) atoms. The normalized spacial score (nSPS) is 19.4. The molecule has 3 aromatic heterocycles. The van der Waals surface area contributed by atoms with Crippen LogP contribution < -0.4 is 15.0 Å². The molecule has 2 N–H and O–H groups in total. The molecule has 2 amide bonds. The summed E-state index contributed by atoms with van der Waals surface area (Å²) in [6.07, 6.45) is 5.49. The fourth-order valence-electron chi connectivity index (χ4n) is 5.64. The summed E-state index contributed by atoms with van der Waals surface area (Å²) in [6, 6.07) is 7.02. The molecule has 2 aliphatic heterocycles. The maximum Gasteiger partial charge on any atom is 0.272 e. The van der Waals surface area contributed by atoms with Crippen LogP contribution in [0.2, 0.25) is 5.02 Å². The fraction of sp³-hybridized carbons (Fsp3) is 0.429. The predicted molar refractivity (Wildman–Crippen MR) is 146 cm³/mol. The van der Waals surface area contributed by atoms with Gasteiger partial charge in [0.15, 0.2) is 5.82 Å². The number of nitriles is 1. The molecule has 1 atom stereocenters. The molecule has 5 heterocycles. The molecule has 6 rings (SSSR count). The van der Waals surface area contributed by atoms with Gasteiger partial charge in [-0.25, -0.2) is 9.37 Å². The first kappa shape index (κ1) is 27.0. The molecular formula is C28H28ClFN8O3. The third-order valence-electron chi connectivity index (χ3n) is 8.23.